The van der Waals surface area contributed by atoms with Crippen LogP contribution in [-0.4, -0.2) is 0 Å². The Bertz CT molecular complexity index is 713. The molecule has 0 amide bonds. The van der Waals surface area contributed by atoms with Crippen LogP contribution in [0.5, 0.6) is 11.5 Å². The fraction of sp³-hybridized carbons (Fsp3) is 0. The molecule has 0 aromatic heterocycles. The van der Waals surface area contributed by atoms with Gasteiger partial charge < -0.3 is 4.74 Å². The molecule has 0 aliphatic carbocycles. The molecule has 0 bridgehead atoms. The third-order valence-corrected chi connectivity index (χ3v) is 2.36. The molecule has 2 aromatic rings. The maximum atomic E-state index is 8.87. The summed E-state index contributed by atoms with van der Waals surface area (Å²) < 4.78 is 5.55. The smallest absolute Gasteiger partial charge is 0.130 e. The molecule has 0 N–H and O–H groups in total. The van der Waals surface area contributed by atoms with Crippen molar-refractivity contribution in [3.63, 3.8) is 0 Å². The van der Waals surface area contributed by atoms with Gasteiger partial charge in [0.15, 0.2) is 0 Å². The zero-order valence-corrected chi connectivity index (χ0v) is 9.79. The molecule has 19 heavy (non-hydrogen) atoms. The van der Waals surface area contributed by atoms with Crippen LogP contribution >= 0.6 is 0 Å². The number of hydrogen-bond acceptors (Lipinski definition) is 4. The van der Waals surface area contributed by atoms with Crippen LogP contribution in [0.1, 0.15) is 16.7 Å². The van der Waals surface area contributed by atoms with Crippen molar-refractivity contribution < 1.29 is 4.74 Å². The molecule has 88 valence electrons. The van der Waals surface area contributed by atoms with E-state index >= 15 is 0 Å². The summed E-state index contributed by atoms with van der Waals surface area (Å²) in [4.78, 5) is 0. The van der Waals surface area contributed by atoms with Crippen molar-refractivity contribution in [2.24, 2.45) is 0 Å². The van der Waals surface area contributed by atoms with E-state index in [0.717, 1.165) is 0 Å². The molecule has 4 nitrogen and oxygen atoms in total. The van der Waals surface area contributed by atoms with E-state index in [1.54, 1.807) is 36.4 Å². The highest BCUT2D eigenvalue weighted by molar-refractivity contribution is 5.47. The number of ether oxygens (including phenoxy) is 1. The van der Waals surface area contributed by atoms with Crippen molar-refractivity contribution in [1.82, 2.24) is 0 Å². The molecular weight excluding hydrogens is 238 g/mol. The lowest BCUT2D eigenvalue weighted by Gasteiger charge is -2.06. The fourth-order valence-electron chi connectivity index (χ4n) is 1.55. The minimum absolute atomic E-state index is 0.352. The molecule has 0 fully saturated rings. The van der Waals surface area contributed by atoms with Crippen molar-refractivity contribution in [3.05, 3.63) is 59.2 Å². The molecular formula is C15H7N3O. The molecule has 2 rings (SSSR count). The van der Waals surface area contributed by atoms with Crippen LogP contribution in [-0.2, 0) is 0 Å². The summed E-state index contributed by atoms with van der Waals surface area (Å²) in [7, 11) is 0. The predicted octanol–water partition coefficient (Wildman–Crippen LogP) is 3.09. The highest BCUT2D eigenvalue weighted by Crippen LogP contribution is 2.24. The summed E-state index contributed by atoms with van der Waals surface area (Å²) in [5, 5.41) is 26.5. The van der Waals surface area contributed by atoms with Gasteiger partial charge in [-0.05, 0) is 36.4 Å². The summed E-state index contributed by atoms with van der Waals surface area (Å²) in [6.07, 6.45) is 0. The van der Waals surface area contributed by atoms with Gasteiger partial charge >= 0.3 is 0 Å². The molecule has 0 atom stereocenters. The van der Waals surface area contributed by atoms with Crippen LogP contribution in [0.15, 0.2) is 42.5 Å². The van der Waals surface area contributed by atoms with Gasteiger partial charge in [0.25, 0.3) is 0 Å². The lowest BCUT2D eigenvalue weighted by atomic mass is 10.1. The third kappa shape index (κ3) is 2.88. The van der Waals surface area contributed by atoms with E-state index in [4.69, 9.17) is 20.5 Å². The molecule has 0 aliphatic rings. The molecule has 4 heteroatoms. The van der Waals surface area contributed by atoms with E-state index in [-0.39, 0.29) is 0 Å². The second-order valence-corrected chi connectivity index (χ2v) is 3.71. The quantitative estimate of drug-likeness (QED) is 0.814. The Labute approximate surface area is 110 Å². The summed E-state index contributed by atoms with van der Waals surface area (Å²) >= 11 is 0. The van der Waals surface area contributed by atoms with Crippen molar-refractivity contribution in [2.45, 2.75) is 0 Å². The predicted molar refractivity (Wildman–Crippen MR) is 67.1 cm³/mol. The van der Waals surface area contributed by atoms with Crippen molar-refractivity contribution in [1.29, 1.82) is 15.8 Å². The molecule has 0 saturated heterocycles. The Hall–Kier alpha value is -3.29. The number of nitrogens with zero attached hydrogens (tertiary/aromatic N) is 3. The van der Waals surface area contributed by atoms with Gasteiger partial charge in [-0.15, -0.1) is 0 Å². The van der Waals surface area contributed by atoms with E-state index in [9.17, 15) is 0 Å². The topological polar surface area (TPSA) is 80.6 Å². The van der Waals surface area contributed by atoms with Crippen molar-refractivity contribution >= 4 is 0 Å². The van der Waals surface area contributed by atoms with Crippen LogP contribution in [0.2, 0.25) is 0 Å². The van der Waals surface area contributed by atoms with Crippen LogP contribution in [0.4, 0.5) is 0 Å². The first-order valence-corrected chi connectivity index (χ1v) is 5.38. The first-order chi connectivity index (χ1) is 9.25. The molecule has 2 aromatic carbocycles. The number of rotatable bonds is 2. The summed E-state index contributed by atoms with van der Waals surface area (Å²) in [6, 6.07) is 17.2. The van der Waals surface area contributed by atoms with Gasteiger partial charge in [-0.1, -0.05) is 6.07 Å². The molecule has 0 saturated carbocycles. The highest BCUT2D eigenvalue weighted by atomic mass is 16.5. The maximum absolute atomic E-state index is 8.87. The Morgan fingerprint density at radius 3 is 1.84 bits per heavy atom. The Balaban J connectivity index is 2.36. The summed E-state index contributed by atoms with van der Waals surface area (Å²) in [6.45, 7) is 0. The largest absolute Gasteiger partial charge is 0.457 e. The van der Waals surface area contributed by atoms with Gasteiger partial charge in [0.2, 0.25) is 0 Å². The number of benzene rings is 2. The molecule has 0 unspecified atom stereocenters. The van der Waals surface area contributed by atoms with Crippen LogP contribution in [0.25, 0.3) is 0 Å². The van der Waals surface area contributed by atoms with Gasteiger partial charge in [-0.2, -0.15) is 15.8 Å². The fourth-order valence-corrected chi connectivity index (χ4v) is 1.55. The van der Waals surface area contributed by atoms with E-state index in [1.807, 2.05) is 18.2 Å². The average molecular weight is 245 g/mol. The Morgan fingerprint density at radius 2 is 1.26 bits per heavy atom. The highest BCUT2D eigenvalue weighted by Gasteiger charge is 2.03. The van der Waals surface area contributed by atoms with Gasteiger partial charge in [0.05, 0.1) is 34.9 Å². The number of nitriles is 3. The molecule has 0 aliphatic heterocycles. The normalized spacial score (nSPS) is 8.89. The van der Waals surface area contributed by atoms with Crippen LogP contribution < -0.4 is 4.74 Å². The van der Waals surface area contributed by atoms with Crippen LogP contribution in [0.3, 0.4) is 0 Å². The first-order valence-electron chi connectivity index (χ1n) is 5.38. The average Bonchev–Trinajstić information content (AvgIpc) is 2.47. The van der Waals surface area contributed by atoms with Crippen molar-refractivity contribution in [2.75, 3.05) is 0 Å². The standard InChI is InChI=1S/C15H7N3O/c16-8-11-2-1-3-14(5-11)19-15-6-12(9-17)4-13(7-15)10-18/h1-7H. The molecule has 0 heterocycles. The first kappa shape index (κ1) is 12.2. The van der Waals surface area contributed by atoms with E-state index in [2.05, 4.69) is 0 Å². The lowest BCUT2D eigenvalue weighted by Crippen LogP contribution is -1.88. The minimum atomic E-state index is 0.352. The minimum Gasteiger partial charge on any atom is -0.457 e. The second kappa shape index (κ2) is 5.36. The molecule has 0 spiro atoms. The lowest BCUT2D eigenvalue weighted by molar-refractivity contribution is 0.482. The number of hydrogen-bond donors (Lipinski definition) is 0. The maximum Gasteiger partial charge on any atom is 0.130 e. The Kier molecular flexibility index (Phi) is 3.44. The molecule has 0 radical (unpaired) electrons. The summed E-state index contributed by atoms with van der Waals surface area (Å²) in [5.41, 5.74) is 1.19. The van der Waals surface area contributed by atoms with Gasteiger partial charge in [0, 0.05) is 0 Å². The van der Waals surface area contributed by atoms with Gasteiger partial charge in [0.1, 0.15) is 11.5 Å². The van der Waals surface area contributed by atoms with Crippen molar-refractivity contribution in [3.8, 4) is 29.7 Å². The SMILES string of the molecule is N#Cc1cccc(Oc2cc(C#N)cc(C#N)c2)c1. The van der Waals surface area contributed by atoms with E-state index in [1.165, 1.54) is 6.07 Å². The van der Waals surface area contributed by atoms with E-state index < -0.39 is 0 Å². The van der Waals surface area contributed by atoms with E-state index in [0.29, 0.717) is 28.2 Å². The zero-order valence-electron chi connectivity index (χ0n) is 9.79. The monoisotopic (exact) mass is 245 g/mol. The van der Waals surface area contributed by atoms with Gasteiger partial charge in [-0.25, -0.2) is 0 Å². The second-order valence-electron chi connectivity index (χ2n) is 3.71. The summed E-state index contributed by atoms with van der Waals surface area (Å²) in [5.74, 6) is 0.878. The third-order valence-electron chi connectivity index (χ3n) is 2.36. The van der Waals surface area contributed by atoms with Gasteiger partial charge in [-0.3, -0.25) is 0 Å². The van der Waals surface area contributed by atoms with Crippen LogP contribution in [0, 0.1) is 34.0 Å². The Morgan fingerprint density at radius 1 is 0.684 bits per heavy atom. The zero-order chi connectivity index (χ0) is 13.7.